The van der Waals surface area contributed by atoms with E-state index in [-0.39, 0.29) is 52.1 Å². The van der Waals surface area contributed by atoms with Gasteiger partial charge in [0.25, 0.3) is 5.91 Å². The molecule has 0 aromatic heterocycles. The lowest BCUT2D eigenvalue weighted by molar-refractivity contribution is -0.192. The van der Waals surface area contributed by atoms with Crippen LogP contribution in [0.4, 0.5) is 26.3 Å². The van der Waals surface area contributed by atoms with Crippen LogP contribution in [-0.4, -0.2) is 159 Å². The van der Waals surface area contributed by atoms with Gasteiger partial charge in [-0.3, -0.25) is 59.1 Å². The molecule has 0 unspecified atom stereocenters. The van der Waals surface area contributed by atoms with Gasteiger partial charge in [-0.15, -0.1) is 0 Å². The highest BCUT2D eigenvalue weighted by atomic mass is 19.4. The molecule has 0 bridgehead atoms. The Balaban J connectivity index is 0.00000243. The van der Waals surface area contributed by atoms with Crippen LogP contribution < -0.4 is 21.9 Å². The predicted octanol–water partition coefficient (Wildman–Crippen LogP) is -0.541. The Bertz CT molecular complexity index is 1740. The molecule has 0 aliphatic rings. The maximum absolute atomic E-state index is 12.9. The summed E-state index contributed by atoms with van der Waals surface area (Å²) < 4.78 is 70.0. The number of carboxylic acids is 5. The number of benzene rings is 2. The zero-order valence-corrected chi connectivity index (χ0v) is 31.9. The minimum atomic E-state index is -5.08. The fourth-order valence-electron chi connectivity index (χ4n) is 4.89. The topological polar surface area (TPSA) is 310 Å². The largest absolute Gasteiger partial charge is 0.490 e. The molecule has 338 valence electrons. The Morgan fingerprint density at radius 1 is 0.557 bits per heavy atom. The lowest BCUT2D eigenvalue weighted by Crippen LogP contribution is -2.50. The number of nitrogens with two attached hydrogens (primary N) is 1. The molecule has 20 nitrogen and oxygen atoms in total. The van der Waals surface area contributed by atoms with E-state index >= 15 is 0 Å². The minimum absolute atomic E-state index is 0.00966. The number of carboxylic acid groups (broad SMARTS) is 5. The number of hydrogen-bond donors (Lipinski definition) is 9. The Hall–Kier alpha value is -6.38. The third-order valence-corrected chi connectivity index (χ3v) is 7.79. The van der Waals surface area contributed by atoms with Gasteiger partial charge < -0.3 is 36.6 Å². The summed E-state index contributed by atoms with van der Waals surface area (Å²) in [6.45, 7) is -2.79. The van der Waals surface area contributed by atoms with Crippen molar-refractivity contribution in [3.05, 3.63) is 70.8 Å². The first kappa shape index (κ1) is 52.6. The van der Waals surface area contributed by atoms with Crippen molar-refractivity contribution in [1.82, 2.24) is 30.9 Å². The molecule has 0 radical (unpaired) electrons. The number of aliphatic carboxylic acids is 5. The first-order chi connectivity index (χ1) is 28.2. The molecule has 10 N–H and O–H groups in total. The first-order valence-corrected chi connectivity index (χ1v) is 17.4. The van der Waals surface area contributed by atoms with Gasteiger partial charge in [-0.1, -0.05) is 36.4 Å². The smallest absolute Gasteiger partial charge is 0.480 e. The van der Waals surface area contributed by atoms with E-state index in [4.69, 9.17) is 36.1 Å². The van der Waals surface area contributed by atoms with E-state index in [0.717, 1.165) is 21.9 Å². The third kappa shape index (κ3) is 23.7. The van der Waals surface area contributed by atoms with Crippen LogP contribution in [0.25, 0.3) is 0 Å². The molecular formula is C35H43F6N7O13. The molecular weight excluding hydrogens is 840 g/mol. The second-order valence-corrected chi connectivity index (χ2v) is 12.9. The van der Waals surface area contributed by atoms with Crippen LogP contribution in [0.2, 0.25) is 0 Å². The second-order valence-electron chi connectivity index (χ2n) is 12.9. The van der Waals surface area contributed by atoms with Crippen LogP contribution >= 0.6 is 0 Å². The van der Waals surface area contributed by atoms with Crippen LogP contribution in [0.3, 0.4) is 0 Å². The Morgan fingerprint density at radius 2 is 0.951 bits per heavy atom. The first-order valence-electron chi connectivity index (χ1n) is 17.4. The summed E-state index contributed by atoms with van der Waals surface area (Å²) >= 11 is 0. The standard InChI is InChI=1S/C33H42F3N7O11.C2HF3O2/c34-33(35,36)24-7-5-21(6-8-24)13-25(37)32(54)40-39-26(44)14-22-1-3-23(4-2-22)15-38-27(45)16-41(9-11-42(17-28(46)47)18-29(48)49)10-12-43(19-30(50)51)20-31(52)53;3-2(4,5)1(6)7/h1-8,25H,9-20,37H2,(H,38,45)(H,39,44)(H,40,54)(H,46,47)(H,48,49)(H,50,51)(H,52,53);(H,6,7)/t25-;/m1./s1. The van der Waals surface area contributed by atoms with Crippen molar-refractivity contribution < 1.29 is 90.2 Å². The van der Waals surface area contributed by atoms with Gasteiger partial charge in [-0.25, -0.2) is 4.79 Å². The summed E-state index contributed by atoms with van der Waals surface area (Å²) in [5.74, 6) is -9.71. The van der Waals surface area contributed by atoms with Gasteiger partial charge in [0.2, 0.25) is 11.8 Å². The zero-order valence-electron chi connectivity index (χ0n) is 31.9. The summed E-state index contributed by atoms with van der Waals surface area (Å²) in [5.41, 5.74) is 10.9. The van der Waals surface area contributed by atoms with E-state index in [2.05, 4.69) is 16.2 Å². The number of nitrogens with zero attached hydrogens (tertiary/aromatic N) is 3. The van der Waals surface area contributed by atoms with E-state index < -0.39 is 97.7 Å². The van der Waals surface area contributed by atoms with Crippen molar-refractivity contribution in [3.8, 4) is 0 Å². The summed E-state index contributed by atoms with van der Waals surface area (Å²) in [6.07, 6.45) is -9.82. The van der Waals surface area contributed by atoms with Crippen molar-refractivity contribution in [3.63, 3.8) is 0 Å². The molecule has 61 heavy (non-hydrogen) atoms. The molecule has 0 fully saturated rings. The lowest BCUT2D eigenvalue weighted by atomic mass is 10.0. The van der Waals surface area contributed by atoms with Crippen LogP contribution in [0, 0.1) is 0 Å². The van der Waals surface area contributed by atoms with Gasteiger partial charge in [0.05, 0.1) is 50.7 Å². The van der Waals surface area contributed by atoms with Gasteiger partial charge in [-0.2, -0.15) is 26.3 Å². The van der Waals surface area contributed by atoms with Gasteiger partial charge >= 0.3 is 42.2 Å². The van der Waals surface area contributed by atoms with E-state index in [9.17, 15) is 59.9 Å². The van der Waals surface area contributed by atoms with Crippen molar-refractivity contribution in [2.75, 3.05) is 58.9 Å². The molecule has 0 aliphatic heterocycles. The van der Waals surface area contributed by atoms with Crippen LogP contribution in [-0.2, 0) is 63.9 Å². The number of halogens is 6. The highest BCUT2D eigenvalue weighted by Gasteiger charge is 2.38. The van der Waals surface area contributed by atoms with E-state index in [1.54, 1.807) is 24.3 Å². The molecule has 2 aromatic rings. The predicted molar refractivity (Wildman–Crippen MR) is 195 cm³/mol. The number of rotatable bonds is 23. The summed E-state index contributed by atoms with van der Waals surface area (Å²) in [4.78, 5) is 95.0. The average molecular weight is 884 g/mol. The van der Waals surface area contributed by atoms with Crippen molar-refractivity contribution in [1.29, 1.82) is 0 Å². The molecule has 3 amide bonds. The molecule has 1 atom stereocenters. The zero-order chi connectivity index (χ0) is 46.5. The fourth-order valence-corrected chi connectivity index (χ4v) is 4.89. The molecule has 0 spiro atoms. The van der Waals surface area contributed by atoms with Crippen LogP contribution in [0.1, 0.15) is 22.3 Å². The number of hydrazine groups is 1. The normalized spacial score (nSPS) is 11.9. The van der Waals surface area contributed by atoms with Crippen molar-refractivity contribution in [2.24, 2.45) is 5.73 Å². The van der Waals surface area contributed by atoms with E-state index in [1.165, 1.54) is 17.0 Å². The third-order valence-electron chi connectivity index (χ3n) is 7.79. The van der Waals surface area contributed by atoms with Gasteiger partial charge in [0, 0.05) is 32.7 Å². The number of hydrogen-bond acceptors (Lipinski definition) is 12. The number of carbonyl (C=O) groups excluding carboxylic acids is 3. The van der Waals surface area contributed by atoms with Gasteiger partial charge in [0.15, 0.2) is 0 Å². The van der Waals surface area contributed by atoms with Crippen LogP contribution in [0.15, 0.2) is 48.5 Å². The Kier molecular flexibility index (Phi) is 21.8. The molecule has 0 heterocycles. The Morgan fingerprint density at radius 3 is 1.34 bits per heavy atom. The highest BCUT2D eigenvalue weighted by Crippen LogP contribution is 2.29. The van der Waals surface area contributed by atoms with Gasteiger partial charge in [0.1, 0.15) is 0 Å². The number of amides is 3. The SMILES string of the molecule is N[C@H](Cc1ccc(C(F)(F)F)cc1)C(=O)NNC(=O)Cc1ccc(CNC(=O)CN(CCN(CC(=O)O)CC(=O)O)CCN(CC(=O)O)CC(=O)O)cc1.O=C(O)C(F)(F)F. The van der Waals surface area contributed by atoms with Gasteiger partial charge in [-0.05, 0) is 35.2 Å². The maximum Gasteiger partial charge on any atom is 0.490 e. The Labute approximate surface area is 341 Å². The fraction of sp³-hybridized carbons (Fsp3) is 0.429. The van der Waals surface area contributed by atoms with Crippen molar-refractivity contribution >= 4 is 47.6 Å². The molecule has 26 heteroatoms. The van der Waals surface area contributed by atoms with E-state index in [0.29, 0.717) is 16.7 Å². The average Bonchev–Trinajstić information content (AvgIpc) is 3.13. The quantitative estimate of drug-likeness (QED) is 0.0500. The minimum Gasteiger partial charge on any atom is -0.480 e. The highest BCUT2D eigenvalue weighted by molar-refractivity contribution is 5.86. The molecule has 0 aliphatic carbocycles. The second kappa shape index (κ2) is 25.3. The molecule has 0 saturated heterocycles. The summed E-state index contributed by atoms with van der Waals surface area (Å²) in [6, 6.07) is 9.47. The molecule has 2 aromatic carbocycles. The number of carbonyl (C=O) groups is 8. The van der Waals surface area contributed by atoms with Crippen molar-refractivity contribution in [2.45, 2.75) is 37.8 Å². The molecule has 2 rings (SSSR count). The monoisotopic (exact) mass is 883 g/mol. The summed E-state index contributed by atoms with van der Waals surface area (Å²) in [5, 5.41) is 46.3. The lowest BCUT2D eigenvalue weighted by Gasteiger charge is -2.28. The van der Waals surface area contributed by atoms with E-state index in [1.807, 2.05) is 0 Å². The van der Waals surface area contributed by atoms with Crippen LogP contribution in [0.5, 0.6) is 0 Å². The number of nitrogens with one attached hydrogen (secondary N) is 3. The summed E-state index contributed by atoms with van der Waals surface area (Å²) in [7, 11) is 0. The number of alkyl halides is 6. The molecule has 0 saturated carbocycles. The maximum atomic E-state index is 12.9.